The third kappa shape index (κ3) is 7.97. The molecule has 0 atom stereocenters. The van der Waals surface area contributed by atoms with E-state index < -0.39 is 8.07 Å². The van der Waals surface area contributed by atoms with E-state index in [4.69, 9.17) is 46.7 Å². The number of halogens is 3. The highest BCUT2D eigenvalue weighted by Crippen LogP contribution is 2.39. The molecule has 0 bridgehead atoms. The summed E-state index contributed by atoms with van der Waals surface area (Å²) in [7, 11) is -1.63. The van der Waals surface area contributed by atoms with E-state index in [0.717, 1.165) is 111 Å². The highest BCUT2D eigenvalue weighted by molar-refractivity contribution is 9.10. The third-order valence-electron chi connectivity index (χ3n) is 10.9. The second-order valence-corrected chi connectivity index (χ2v) is 23.3. The van der Waals surface area contributed by atoms with E-state index >= 15 is 0 Å². The Morgan fingerprint density at radius 2 is 1.02 bits per heavy atom. The van der Waals surface area contributed by atoms with Gasteiger partial charge in [0.05, 0.1) is 30.5 Å². The van der Waals surface area contributed by atoms with Crippen LogP contribution in [-0.4, -0.2) is 31.3 Å². The minimum absolute atomic E-state index is 0.697. The molecule has 0 saturated carbocycles. The lowest BCUT2D eigenvalue weighted by atomic mass is 10.0. The molecule has 11 rings (SSSR count). The van der Waals surface area contributed by atoms with E-state index in [1.165, 1.54) is 29.2 Å². The van der Waals surface area contributed by atoms with Gasteiger partial charge in [-0.3, -0.25) is 0 Å². The number of pyridine rings is 2. The summed E-state index contributed by atoms with van der Waals surface area (Å²) in [6.07, 6.45) is 2.56. The van der Waals surface area contributed by atoms with Crippen LogP contribution in [0.1, 0.15) is 24.0 Å². The van der Waals surface area contributed by atoms with Gasteiger partial charge in [-0.1, -0.05) is 95.2 Å². The number of benzene rings is 6. The Morgan fingerprint density at radius 3 is 1.52 bits per heavy atom. The predicted octanol–water partition coefficient (Wildman–Crippen LogP) is 15.6. The fraction of sp³-hybridized carbons (Fsp3) is 0.176. The number of nitrogens with zero attached hydrogens (tertiary/aromatic N) is 2. The summed E-state index contributed by atoms with van der Waals surface area (Å²) in [5.41, 5.74) is 11.7. The molecule has 1 aliphatic rings. The summed E-state index contributed by atoms with van der Waals surface area (Å²) in [5, 5.41) is 9.50. The van der Waals surface area contributed by atoms with E-state index in [0.29, 0.717) is 5.02 Å². The molecule has 4 aromatic heterocycles. The molecular weight excluding hydrogens is 867 g/mol. The molecule has 10 aromatic rings. The van der Waals surface area contributed by atoms with Crippen LogP contribution in [-0.2, 0) is 4.74 Å². The molecular formula is C51H43BrCl2N2O3Si. The van der Waals surface area contributed by atoms with Crippen LogP contribution in [0.5, 0.6) is 0 Å². The molecule has 0 amide bonds. The van der Waals surface area contributed by atoms with Crippen LogP contribution < -0.4 is 5.19 Å². The van der Waals surface area contributed by atoms with Gasteiger partial charge in [0.1, 0.15) is 22.3 Å². The maximum Gasteiger partial charge on any atom is 0.144 e. The molecule has 6 aromatic carbocycles. The fourth-order valence-corrected chi connectivity index (χ4v) is 10.5. The summed E-state index contributed by atoms with van der Waals surface area (Å²) in [4.78, 5) is 9.89. The van der Waals surface area contributed by atoms with Crippen molar-refractivity contribution in [1.82, 2.24) is 9.97 Å². The number of hydrogen-bond donors (Lipinski definition) is 0. The van der Waals surface area contributed by atoms with Crippen molar-refractivity contribution in [3.8, 4) is 22.5 Å². The van der Waals surface area contributed by atoms with Crippen LogP contribution in [0.4, 0.5) is 0 Å². The van der Waals surface area contributed by atoms with E-state index in [9.17, 15) is 0 Å². The van der Waals surface area contributed by atoms with E-state index in [1.54, 1.807) is 0 Å². The number of ether oxygens (including phenoxy) is 1. The molecule has 1 aliphatic heterocycles. The van der Waals surface area contributed by atoms with Crippen LogP contribution in [0.3, 0.4) is 0 Å². The zero-order chi connectivity index (χ0) is 41.7. The van der Waals surface area contributed by atoms with Crippen LogP contribution >= 0.6 is 39.1 Å². The molecule has 1 fully saturated rings. The summed E-state index contributed by atoms with van der Waals surface area (Å²) in [6, 6.07) is 41.0. The zero-order valence-electron chi connectivity index (χ0n) is 34.1. The van der Waals surface area contributed by atoms with Gasteiger partial charge in [-0.15, -0.1) is 0 Å². The summed E-state index contributed by atoms with van der Waals surface area (Å²) in [6.45, 7) is 13.3. The Balaban J connectivity index is 0.000000139. The van der Waals surface area contributed by atoms with Gasteiger partial charge in [-0.05, 0) is 128 Å². The lowest BCUT2D eigenvalue weighted by molar-refractivity contribution is 0.198. The van der Waals surface area contributed by atoms with Crippen LogP contribution in [0.25, 0.3) is 88.2 Å². The number of hydrogen-bond acceptors (Lipinski definition) is 5. The van der Waals surface area contributed by atoms with Crippen molar-refractivity contribution >= 4 is 118 Å². The number of aromatic nitrogens is 2. The average Bonchev–Trinajstić information content (AvgIpc) is 4.01. The van der Waals surface area contributed by atoms with Crippen molar-refractivity contribution < 1.29 is 13.6 Å². The number of furan rings is 2. The largest absolute Gasteiger partial charge is 0.455 e. The predicted molar refractivity (Wildman–Crippen MR) is 259 cm³/mol. The van der Waals surface area contributed by atoms with Crippen molar-refractivity contribution in [1.29, 1.82) is 0 Å². The normalized spacial score (nSPS) is 13.0. The Bertz CT molecular complexity index is 3250. The minimum atomic E-state index is -1.63. The lowest BCUT2D eigenvalue weighted by Gasteiger charge is -2.20. The van der Waals surface area contributed by atoms with Crippen molar-refractivity contribution in [3.05, 3.63) is 147 Å². The molecule has 5 heterocycles. The molecule has 0 radical (unpaired) electrons. The first-order chi connectivity index (χ1) is 28.9. The number of aryl methyl sites for hydroxylation is 2. The fourth-order valence-electron chi connectivity index (χ4n) is 8.08. The van der Waals surface area contributed by atoms with Crippen molar-refractivity contribution in [2.45, 2.75) is 46.3 Å². The van der Waals surface area contributed by atoms with Gasteiger partial charge >= 0.3 is 0 Å². The summed E-state index contributed by atoms with van der Waals surface area (Å²) >= 11 is 16.1. The average molecular weight is 911 g/mol. The molecule has 9 heteroatoms. The van der Waals surface area contributed by atoms with Gasteiger partial charge in [-0.25, -0.2) is 9.97 Å². The first-order valence-corrected chi connectivity index (χ1v) is 25.2. The molecule has 0 N–H and O–H groups in total. The Hall–Kier alpha value is -5.02. The van der Waals surface area contributed by atoms with Gasteiger partial charge in [-0.2, -0.15) is 0 Å². The second-order valence-electron chi connectivity index (χ2n) is 16.5. The van der Waals surface area contributed by atoms with Crippen molar-refractivity contribution in [2.24, 2.45) is 0 Å². The first kappa shape index (κ1) is 40.4. The molecule has 0 spiro atoms. The van der Waals surface area contributed by atoms with Crippen LogP contribution in [0, 0.1) is 13.8 Å². The van der Waals surface area contributed by atoms with Crippen LogP contribution in [0.15, 0.2) is 135 Å². The summed E-state index contributed by atoms with van der Waals surface area (Å²) in [5.74, 6) is 0. The summed E-state index contributed by atoms with van der Waals surface area (Å²) < 4.78 is 18.4. The van der Waals surface area contributed by atoms with Gasteiger partial charge in [0, 0.05) is 71.2 Å². The van der Waals surface area contributed by atoms with Gasteiger partial charge in [0.15, 0.2) is 0 Å². The molecule has 5 nitrogen and oxygen atoms in total. The van der Waals surface area contributed by atoms with Crippen molar-refractivity contribution in [3.63, 3.8) is 0 Å². The molecule has 1 saturated heterocycles. The van der Waals surface area contributed by atoms with Gasteiger partial charge < -0.3 is 13.6 Å². The Labute approximate surface area is 368 Å². The first-order valence-electron chi connectivity index (χ1n) is 20.2. The maximum atomic E-state index is 6.31. The van der Waals surface area contributed by atoms with Crippen molar-refractivity contribution in [2.75, 3.05) is 13.2 Å². The zero-order valence-corrected chi connectivity index (χ0v) is 38.2. The topological polar surface area (TPSA) is 61.3 Å². The quantitative estimate of drug-likeness (QED) is 0.165. The standard InChI is InChI=1S/C25H22ClNOSi.C22H13BrClNO.C4H8O/c1-15-11-18-17-7-5-6-8-23(17)28-25(18)20(12-15)22-14-24(29(2,3)4)19-13-16(26)9-10-21(19)27-22;1-12-8-15-14-4-2-3-5-21(14)26-22(15)17(9-12)20-11-18(23)16-10-13(24)6-7-19(16)25-20;1-2-4-5-3-1/h5-14H,1-4H3;2-11H,1H3;1-4H2. The van der Waals surface area contributed by atoms with Gasteiger partial charge in [0.25, 0.3) is 0 Å². The van der Waals surface area contributed by atoms with E-state index in [-0.39, 0.29) is 0 Å². The highest BCUT2D eigenvalue weighted by Gasteiger charge is 2.23. The second kappa shape index (κ2) is 16.4. The molecule has 0 aliphatic carbocycles. The number of rotatable bonds is 3. The molecule has 0 unspecified atom stereocenters. The highest BCUT2D eigenvalue weighted by atomic mass is 79.9. The third-order valence-corrected chi connectivity index (χ3v) is 14.1. The minimum Gasteiger partial charge on any atom is -0.455 e. The van der Waals surface area contributed by atoms with E-state index in [2.05, 4.69) is 97.9 Å². The Kier molecular flexibility index (Phi) is 11.1. The smallest absolute Gasteiger partial charge is 0.144 e. The molecule has 300 valence electrons. The van der Waals surface area contributed by atoms with Crippen LogP contribution in [0.2, 0.25) is 29.7 Å². The van der Waals surface area contributed by atoms with Gasteiger partial charge in [0.2, 0.25) is 0 Å². The number of fused-ring (bicyclic) bond motifs is 8. The lowest BCUT2D eigenvalue weighted by Crippen LogP contribution is -2.38. The monoisotopic (exact) mass is 908 g/mol. The maximum absolute atomic E-state index is 6.31. The number of para-hydroxylation sites is 2. The SMILES string of the molecule is C1CCOC1.Cc1cc(-c2cc(Br)c3cc(Cl)ccc3n2)c2oc3ccccc3c2c1.Cc1cc(-c2cc([Si](C)(C)C)c3cc(Cl)ccc3n2)c2oc3ccccc3c2c1. The Morgan fingerprint density at radius 1 is 0.533 bits per heavy atom. The van der Waals surface area contributed by atoms with E-state index in [1.807, 2.05) is 72.8 Å². The molecule has 60 heavy (non-hydrogen) atoms.